The number of allylic oxidation sites excluding steroid dienone is 2. The van der Waals surface area contributed by atoms with Gasteiger partial charge in [-0.1, -0.05) is 83.7 Å². The fourth-order valence-corrected chi connectivity index (χ4v) is 7.16. The van der Waals surface area contributed by atoms with E-state index in [9.17, 15) is 4.79 Å². The lowest BCUT2D eigenvalue weighted by Gasteiger charge is -2.42. The van der Waals surface area contributed by atoms with Gasteiger partial charge in [0.2, 0.25) is 0 Å². The van der Waals surface area contributed by atoms with Crippen LogP contribution in [0.1, 0.15) is 77.0 Å². The van der Waals surface area contributed by atoms with E-state index in [0.717, 1.165) is 34.8 Å². The van der Waals surface area contributed by atoms with Crippen LogP contribution in [0.5, 0.6) is 0 Å². The smallest absolute Gasteiger partial charge is 0.186 e. The Hall–Kier alpha value is 0.610. The highest BCUT2D eigenvalue weighted by atomic mass is 127. The summed E-state index contributed by atoms with van der Waals surface area (Å²) in [7, 11) is 0. The molecule has 1 nitrogen and oxygen atoms in total. The highest BCUT2D eigenvalue weighted by Gasteiger charge is 2.40. The van der Waals surface area contributed by atoms with Crippen molar-refractivity contribution in [1.82, 2.24) is 0 Å². The van der Waals surface area contributed by atoms with E-state index < -0.39 is 0 Å². The molecule has 26 heavy (non-hydrogen) atoms. The molecule has 0 aromatic carbocycles. The van der Waals surface area contributed by atoms with Gasteiger partial charge >= 0.3 is 0 Å². The zero-order valence-electron chi connectivity index (χ0n) is 15.8. The molecule has 4 saturated carbocycles. The molecule has 0 bridgehead atoms. The SMILES string of the molecule is O=C(C(=CI)C1CC(CC2CCC2)C1)C(=CI)C1CC(CC2CCC2)C1. The normalized spacial score (nSPS) is 35.9. The lowest BCUT2D eigenvalue weighted by molar-refractivity contribution is -0.114. The molecule has 0 saturated heterocycles. The maximum absolute atomic E-state index is 13.2. The van der Waals surface area contributed by atoms with E-state index in [1.54, 1.807) is 0 Å². The van der Waals surface area contributed by atoms with Crippen molar-refractivity contribution in [2.75, 3.05) is 0 Å². The van der Waals surface area contributed by atoms with Crippen molar-refractivity contribution in [2.24, 2.45) is 35.5 Å². The Morgan fingerprint density at radius 2 is 1.08 bits per heavy atom. The van der Waals surface area contributed by atoms with E-state index in [1.807, 2.05) is 0 Å². The van der Waals surface area contributed by atoms with Crippen LogP contribution in [0.3, 0.4) is 0 Å². The van der Waals surface area contributed by atoms with E-state index in [-0.39, 0.29) is 0 Å². The first-order chi connectivity index (χ1) is 12.7. The average Bonchev–Trinajstić information content (AvgIpc) is 2.47. The fraction of sp³-hybridized carbons (Fsp3) is 0.783. The van der Waals surface area contributed by atoms with Gasteiger partial charge in [-0.05, 0) is 82.2 Å². The Kier molecular flexibility index (Phi) is 6.86. The van der Waals surface area contributed by atoms with Gasteiger partial charge in [-0.3, -0.25) is 4.79 Å². The summed E-state index contributed by atoms with van der Waals surface area (Å²) >= 11 is 4.62. The van der Waals surface area contributed by atoms with Crippen LogP contribution in [0.2, 0.25) is 0 Å². The third-order valence-electron chi connectivity index (χ3n) is 7.89. The summed E-state index contributed by atoms with van der Waals surface area (Å²) in [5.74, 6) is 5.28. The minimum absolute atomic E-state index is 0.382. The lowest BCUT2D eigenvalue weighted by Crippen LogP contribution is -2.34. The van der Waals surface area contributed by atoms with Crippen LogP contribution < -0.4 is 0 Å². The summed E-state index contributed by atoms with van der Waals surface area (Å²) in [5, 5.41) is 0. The Bertz CT molecular complexity index is 523. The number of ketones is 1. The number of halogens is 2. The third-order valence-corrected chi connectivity index (χ3v) is 9.24. The monoisotopic (exact) mass is 578 g/mol. The largest absolute Gasteiger partial charge is 0.289 e. The average molecular weight is 578 g/mol. The fourth-order valence-electron chi connectivity index (χ4n) is 5.58. The van der Waals surface area contributed by atoms with Crippen molar-refractivity contribution < 1.29 is 4.79 Å². The van der Waals surface area contributed by atoms with Gasteiger partial charge in [-0.25, -0.2) is 0 Å². The highest BCUT2D eigenvalue weighted by Crippen LogP contribution is 2.49. The second kappa shape index (κ2) is 8.96. The predicted octanol–water partition coefficient (Wildman–Crippen LogP) is 7.63. The van der Waals surface area contributed by atoms with Crippen molar-refractivity contribution in [2.45, 2.75) is 77.0 Å². The molecule has 144 valence electrons. The van der Waals surface area contributed by atoms with Crippen LogP contribution >= 0.6 is 45.2 Å². The lowest BCUT2D eigenvalue weighted by atomic mass is 9.62. The second-order valence-electron chi connectivity index (χ2n) is 9.59. The molecule has 0 unspecified atom stereocenters. The van der Waals surface area contributed by atoms with Crippen LogP contribution in [-0.4, -0.2) is 5.78 Å². The molecule has 0 heterocycles. The number of carbonyl (C=O) groups excluding carboxylic acids is 1. The molecule has 4 fully saturated rings. The molecule has 0 atom stereocenters. The summed E-state index contributed by atoms with van der Waals surface area (Å²) in [4.78, 5) is 13.2. The van der Waals surface area contributed by atoms with Crippen LogP contribution in [0.15, 0.2) is 19.3 Å². The van der Waals surface area contributed by atoms with E-state index in [4.69, 9.17) is 0 Å². The molecular formula is C23H32I2O. The van der Waals surface area contributed by atoms with Gasteiger partial charge in [0.05, 0.1) is 0 Å². The quantitative estimate of drug-likeness (QED) is 0.214. The molecule has 4 rings (SSSR count). The molecule has 4 aliphatic rings. The molecule has 3 heteroatoms. The molecule has 0 aliphatic heterocycles. The molecular weight excluding hydrogens is 546 g/mol. The molecule has 0 amide bonds. The third kappa shape index (κ3) is 4.28. The first kappa shape index (κ1) is 19.9. The standard InChI is InChI=1S/C23H32I2O/c24-13-21(19-9-17(10-19)7-15-3-1-4-15)23(26)22(14-25)20-11-18(12-20)8-16-5-2-6-16/h13-20H,1-12H2. The van der Waals surface area contributed by atoms with Crippen LogP contribution in [0.4, 0.5) is 0 Å². The van der Waals surface area contributed by atoms with Crippen LogP contribution in [0, 0.1) is 35.5 Å². The highest BCUT2D eigenvalue weighted by molar-refractivity contribution is 14.1. The van der Waals surface area contributed by atoms with Gasteiger partial charge in [0.1, 0.15) is 0 Å². The Balaban J connectivity index is 1.26. The van der Waals surface area contributed by atoms with Crippen molar-refractivity contribution in [3.63, 3.8) is 0 Å². The van der Waals surface area contributed by atoms with Gasteiger partial charge in [0.15, 0.2) is 5.78 Å². The molecule has 0 aromatic rings. The van der Waals surface area contributed by atoms with Crippen molar-refractivity contribution in [3.8, 4) is 0 Å². The molecule has 0 aromatic heterocycles. The predicted molar refractivity (Wildman–Crippen MR) is 126 cm³/mol. The van der Waals surface area contributed by atoms with Crippen LogP contribution in [0.25, 0.3) is 0 Å². The molecule has 0 spiro atoms. The molecule has 0 radical (unpaired) electrons. The minimum atomic E-state index is 0.382. The maximum atomic E-state index is 13.2. The number of hydrogen-bond acceptors (Lipinski definition) is 1. The Morgan fingerprint density at radius 1 is 0.692 bits per heavy atom. The molecule has 4 aliphatic carbocycles. The van der Waals surface area contributed by atoms with Crippen molar-refractivity contribution >= 4 is 51.0 Å². The Labute approximate surface area is 186 Å². The minimum Gasteiger partial charge on any atom is -0.289 e. The zero-order chi connectivity index (χ0) is 18.1. The number of Topliss-reactive ketones (excluding diaryl/α,β-unsaturated/α-hetero) is 1. The first-order valence-electron chi connectivity index (χ1n) is 10.8. The van der Waals surface area contributed by atoms with Crippen molar-refractivity contribution in [3.05, 3.63) is 19.3 Å². The summed E-state index contributed by atoms with van der Waals surface area (Å²) in [6, 6.07) is 0. The van der Waals surface area contributed by atoms with E-state index in [0.29, 0.717) is 17.6 Å². The summed E-state index contributed by atoms with van der Waals surface area (Å²) in [5.41, 5.74) is 2.25. The zero-order valence-corrected chi connectivity index (χ0v) is 20.1. The number of carbonyl (C=O) groups is 1. The van der Waals surface area contributed by atoms with E-state index in [2.05, 4.69) is 53.3 Å². The topological polar surface area (TPSA) is 17.1 Å². The summed E-state index contributed by atoms with van der Waals surface area (Å²) < 4.78 is 4.21. The van der Waals surface area contributed by atoms with Gasteiger partial charge in [0.25, 0.3) is 0 Å². The van der Waals surface area contributed by atoms with E-state index in [1.165, 1.54) is 77.0 Å². The Morgan fingerprint density at radius 3 is 1.35 bits per heavy atom. The first-order valence-corrected chi connectivity index (χ1v) is 13.3. The summed E-state index contributed by atoms with van der Waals surface area (Å²) in [6.45, 7) is 0. The summed E-state index contributed by atoms with van der Waals surface area (Å²) in [6.07, 6.45) is 16.7. The van der Waals surface area contributed by atoms with E-state index >= 15 is 0 Å². The molecule has 0 N–H and O–H groups in total. The maximum Gasteiger partial charge on any atom is 0.186 e. The van der Waals surface area contributed by atoms with Crippen molar-refractivity contribution in [1.29, 1.82) is 0 Å². The second-order valence-corrected chi connectivity index (χ2v) is 10.8. The van der Waals surface area contributed by atoms with Crippen LogP contribution in [-0.2, 0) is 4.79 Å². The van der Waals surface area contributed by atoms with Gasteiger partial charge < -0.3 is 0 Å². The van der Waals surface area contributed by atoms with Gasteiger partial charge in [-0.2, -0.15) is 0 Å². The number of hydrogen-bond donors (Lipinski definition) is 0. The number of rotatable bonds is 8. The van der Waals surface area contributed by atoms with Gasteiger partial charge in [-0.15, -0.1) is 0 Å². The van der Waals surface area contributed by atoms with Gasteiger partial charge in [0, 0.05) is 11.1 Å².